The minimum atomic E-state index is 0.113. The fourth-order valence-electron chi connectivity index (χ4n) is 2.88. The molecule has 3 atom stereocenters. The molecule has 0 aromatic rings. The Hall–Kier alpha value is -0.570. The molecule has 1 rings (SSSR count). The smallest absolute Gasteiger partial charge is 0.220 e. The molecule has 1 saturated carbocycles. The summed E-state index contributed by atoms with van der Waals surface area (Å²) in [6.07, 6.45) is 8.11. The highest BCUT2D eigenvalue weighted by Gasteiger charge is 2.25. The molecule has 1 aliphatic rings. The fourth-order valence-corrected chi connectivity index (χ4v) is 2.88. The van der Waals surface area contributed by atoms with Gasteiger partial charge < -0.3 is 11.1 Å². The third-order valence-corrected chi connectivity index (χ3v) is 4.40. The Labute approximate surface area is 112 Å². The third kappa shape index (κ3) is 5.38. The second kappa shape index (κ2) is 7.78. The largest absolute Gasteiger partial charge is 0.353 e. The summed E-state index contributed by atoms with van der Waals surface area (Å²) >= 11 is 0. The molecule has 3 heteroatoms. The molecule has 0 radical (unpaired) electrons. The van der Waals surface area contributed by atoms with Crippen LogP contribution in [0.4, 0.5) is 0 Å². The summed E-state index contributed by atoms with van der Waals surface area (Å²) in [5.41, 5.74) is 5.67. The van der Waals surface area contributed by atoms with E-state index in [1.54, 1.807) is 0 Å². The van der Waals surface area contributed by atoms with Crippen LogP contribution in [0.3, 0.4) is 0 Å². The van der Waals surface area contributed by atoms with E-state index >= 15 is 0 Å². The molecule has 1 aliphatic carbocycles. The van der Waals surface area contributed by atoms with E-state index in [4.69, 9.17) is 5.73 Å². The van der Waals surface area contributed by atoms with E-state index < -0.39 is 0 Å². The molecule has 0 spiro atoms. The van der Waals surface area contributed by atoms with Crippen molar-refractivity contribution in [3.05, 3.63) is 0 Å². The van der Waals surface area contributed by atoms with Crippen molar-refractivity contribution in [2.45, 2.75) is 77.8 Å². The van der Waals surface area contributed by atoms with Crippen LogP contribution in [0.5, 0.6) is 0 Å². The number of hydrogen-bond acceptors (Lipinski definition) is 2. The van der Waals surface area contributed by atoms with Crippen LogP contribution in [0.1, 0.15) is 65.7 Å². The van der Waals surface area contributed by atoms with Crippen molar-refractivity contribution in [3.63, 3.8) is 0 Å². The van der Waals surface area contributed by atoms with Gasteiger partial charge in [-0.2, -0.15) is 0 Å². The summed E-state index contributed by atoms with van der Waals surface area (Å²) < 4.78 is 0. The van der Waals surface area contributed by atoms with E-state index in [2.05, 4.69) is 19.2 Å². The molecular weight excluding hydrogens is 224 g/mol. The molecule has 3 N–H and O–H groups in total. The lowest BCUT2D eigenvalue weighted by Crippen LogP contribution is -2.40. The van der Waals surface area contributed by atoms with Gasteiger partial charge in [0.1, 0.15) is 0 Å². The van der Waals surface area contributed by atoms with Gasteiger partial charge in [0.15, 0.2) is 0 Å². The summed E-state index contributed by atoms with van der Waals surface area (Å²) in [6.45, 7) is 6.37. The van der Waals surface area contributed by atoms with E-state index in [-0.39, 0.29) is 18.0 Å². The Morgan fingerprint density at radius 1 is 1.22 bits per heavy atom. The molecule has 0 aliphatic heterocycles. The first-order chi connectivity index (χ1) is 8.50. The summed E-state index contributed by atoms with van der Waals surface area (Å²) in [5, 5.41) is 3.14. The van der Waals surface area contributed by atoms with Crippen LogP contribution in [-0.2, 0) is 4.79 Å². The second-order valence-electron chi connectivity index (χ2n) is 6.13. The molecule has 0 saturated heterocycles. The Kier molecular flexibility index (Phi) is 6.69. The first-order valence-corrected chi connectivity index (χ1v) is 7.55. The average molecular weight is 254 g/mol. The molecular formula is C15H30N2O. The van der Waals surface area contributed by atoms with Gasteiger partial charge in [0.2, 0.25) is 5.91 Å². The maximum Gasteiger partial charge on any atom is 0.220 e. The Morgan fingerprint density at radius 3 is 2.39 bits per heavy atom. The molecule has 0 bridgehead atoms. The van der Waals surface area contributed by atoms with Gasteiger partial charge in [-0.3, -0.25) is 4.79 Å². The first kappa shape index (κ1) is 15.5. The summed E-state index contributed by atoms with van der Waals surface area (Å²) in [5.74, 6) is 1.54. The zero-order valence-corrected chi connectivity index (χ0v) is 12.2. The topological polar surface area (TPSA) is 55.1 Å². The van der Waals surface area contributed by atoms with E-state index in [0.29, 0.717) is 12.3 Å². The van der Waals surface area contributed by atoms with Gasteiger partial charge in [-0.05, 0) is 32.1 Å². The van der Waals surface area contributed by atoms with Crippen LogP contribution >= 0.6 is 0 Å². The number of nitrogens with one attached hydrogen (secondary N) is 1. The fraction of sp³-hybridized carbons (Fsp3) is 0.933. The average Bonchev–Trinajstić information content (AvgIpc) is 2.36. The van der Waals surface area contributed by atoms with E-state index in [1.807, 2.05) is 6.92 Å². The lowest BCUT2D eigenvalue weighted by atomic mass is 9.78. The molecule has 1 amide bonds. The number of hydrogen-bond donors (Lipinski definition) is 2. The molecule has 3 unspecified atom stereocenters. The number of rotatable bonds is 6. The lowest BCUT2D eigenvalue weighted by molar-refractivity contribution is -0.122. The number of carbonyl (C=O) groups excluding carboxylic acids is 1. The van der Waals surface area contributed by atoms with Gasteiger partial charge >= 0.3 is 0 Å². The zero-order valence-electron chi connectivity index (χ0n) is 12.2. The number of nitrogens with two attached hydrogens (primary N) is 1. The monoisotopic (exact) mass is 254 g/mol. The third-order valence-electron chi connectivity index (χ3n) is 4.40. The van der Waals surface area contributed by atoms with Crippen molar-refractivity contribution < 1.29 is 4.79 Å². The van der Waals surface area contributed by atoms with Crippen molar-refractivity contribution in [3.8, 4) is 0 Å². The standard InChI is InChI=1S/C15H30N2O/c1-11(16)9-10-15(18)17-13(3)12(2)14-7-5-4-6-8-14/h11-14H,4-10,16H2,1-3H3,(H,17,18). The van der Waals surface area contributed by atoms with E-state index in [1.165, 1.54) is 32.1 Å². The molecule has 3 nitrogen and oxygen atoms in total. The van der Waals surface area contributed by atoms with Crippen LogP contribution in [0.15, 0.2) is 0 Å². The van der Waals surface area contributed by atoms with Gasteiger partial charge in [-0.1, -0.05) is 39.0 Å². The minimum Gasteiger partial charge on any atom is -0.353 e. The van der Waals surface area contributed by atoms with Crippen molar-refractivity contribution >= 4 is 5.91 Å². The van der Waals surface area contributed by atoms with Crippen molar-refractivity contribution in [2.75, 3.05) is 0 Å². The Balaban J connectivity index is 2.29. The zero-order chi connectivity index (χ0) is 13.5. The summed E-state index contributed by atoms with van der Waals surface area (Å²) in [6, 6.07) is 0.399. The predicted molar refractivity (Wildman–Crippen MR) is 76.2 cm³/mol. The quantitative estimate of drug-likeness (QED) is 0.766. The summed E-state index contributed by atoms with van der Waals surface area (Å²) in [7, 11) is 0. The highest BCUT2D eigenvalue weighted by atomic mass is 16.1. The van der Waals surface area contributed by atoms with E-state index in [0.717, 1.165) is 12.3 Å². The number of amides is 1. The maximum atomic E-state index is 11.8. The molecule has 0 aromatic heterocycles. The molecule has 106 valence electrons. The van der Waals surface area contributed by atoms with Crippen molar-refractivity contribution in [1.82, 2.24) is 5.32 Å². The van der Waals surface area contributed by atoms with Crippen LogP contribution < -0.4 is 11.1 Å². The summed E-state index contributed by atoms with van der Waals surface area (Å²) in [4.78, 5) is 11.8. The van der Waals surface area contributed by atoms with Crippen LogP contribution in [0.2, 0.25) is 0 Å². The second-order valence-corrected chi connectivity index (χ2v) is 6.13. The highest BCUT2D eigenvalue weighted by Crippen LogP contribution is 2.31. The Bertz CT molecular complexity index is 247. The van der Waals surface area contributed by atoms with Gasteiger partial charge in [-0.15, -0.1) is 0 Å². The maximum absolute atomic E-state index is 11.8. The van der Waals surface area contributed by atoms with E-state index in [9.17, 15) is 4.79 Å². The SMILES string of the molecule is CC(N)CCC(=O)NC(C)C(C)C1CCCCC1. The van der Waals surface area contributed by atoms with Gasteiger partial charge in [0, 0.05) is 18.5 Å². The molecule has 0 heterocycles. The first-order valence-electron chi connectivity index (χ1n) is 7.55. The normalized spacial score (nSPS) is 22.2. The molecule has 18 heavy (non-hydrogen) atoms. The minimum absolute atomic E-state index is 0.113. The highest BCUT2D eigenvalue weighted by molar-refractivity contribution is 5.76. The number of carbonyl (C=O) groups is 1. The van der Waals surface area contributed by atoms with Gasteiger partial charge in [0.25, 0.3) is 0 Å². The van der Waals surface area contributed by atoms with Crippen LogP contribution in [-0.4, -0.2) is 18.0 Å². The molecule has 1 fully saturated rings. The van der Waals surface area contributed by atoms with Gasteiger partial charge in [0.05, 0.1) is 0 Å². The lowest BCUT2D eigenvalue weighted by Gasteiger charge is -2.32. The predicted octanol–water partition coefficient (Wildman–Crippen LogP) is 2.83. The van der Waals surface area contributed by atoms with Crippen LogP contribution in [0.25, 0.3) is 0 Å². The Morgan fingerprint density at radius 2 is 1.83 bits per heavy atom. The van der Waals surface area contributed by atoms with Crippen LogP contribution in [0, 0.1) is 11.8 Å². The van der Waals surface area contributed by atoms with Crippen molar-refractivity contribution in [1.29, 1.82) is 0 Å². The van der Waals surface area contributed by atoms with Gasteiger partial charge in [-0.25, -0.2) is 0 Å². The molecule has 0 aromatic carbocycles. The van der Waals surface area contributed by atoms with Crippen molar-refractivity contribution in [2.24, 2.45) is 17.6 Å².